The maximum absolute atomic E-state index is 15.7. The number of fused-ring (bicyclic) bond motifs is 3. The van der Waals surface area contributed by atoms with E-state index in [-0.39, 0.29) is 5.75 Å². The lowest BCUT2D eigenvalue weighted by atomic mass is 9.98. The maximum atomic E-state index is 15.7. The third-order valence-electron chi connectivity index (χ3n) is 6.79. The minimum atomic E-state index is -4.45. The average molecular weight is 620 g/mol. The Morgan fingerprint density at radius 2 is 2.00 bits per heavy atom. The van der Waals surface area contributed by atoms with Gasteiger partial charge in [0.2, 0.25) is 0 Å². The van der Waals surface area contributed by atoms with Crippen molar-refractivity contribution < 1.29 is 37.4 Å². The van der Waals surface area contributed by atoms with Crippen molar-refractivity contribution in [3.05, 3.63) is 75.7 Å². The highest BCUT2D eigenvalue weighted by molar-refractivity contribution is 7.52. The van der Waals surface area contributed by atoms with Crippen molar-refractivity contribution in [3.8, 4) is 5.75 Å². The summed E-state index contributed by atoms with van der Waals surface area (Å²) < 4.78 is 54.6. The Labute approximate surface area is 243 Å². The monoisotopic (exact) mass is 619 g/mol. The van der Waals surface area contributed by atoms with Gasteiger partial charge in [-0.05, 0) is 52.0 Å². The SMILES string of the molecule is CC(C)OC(=O)[C@H](C)NP(=O)(OC[C@H]1O[C@@H](n2ccc(=O)[nH]c2=O)[C@](C)(F)[C@@H]1O)Oc1ccc2nc3ccccn3c2c1. The summed E-state index contributed by atoms with van der Waals surface area (Å²) in [6.07, 6.45) is -2.55. The largest absolute Gasteiger partial charge is 0.462 e. The van der Waals surface area contributed by atoms with E-state index in [4.69, 9.17) is 18.5 Å². The number of pyridine rings is 1. The summed E-state index contributed by atoms with van der Waals surface area (Å²) >= 11 is 0. The number of aliphatic hydroxyl groups is 1. The Morgan fingerprint density at radius 1 is 1.23 bits per heavy atom. The quantitative estimate of drug-likeness (QED) is 0.176. The number of alkyl halides is 1. The molecule has 1 aliphatic rings. The number of imidazole rings is 1. The van der Waals surface area contributed by atoms with Crippen LogP contribution < -0.4 is 20.9 Å². The molecule has 0 aliphatic carbocycles. The molecular formula is C27H31FN5O9P. The fraction of sp³-hybridized carbons (Fsp3) is 0.407. The molecule has 4 heterocycles. The molecule has 4 aromatic rings. The van der Waals surface area contributed by atoms with Crippen LogP contribution in [0.4, 0.5) is 4.39 Å². The van der Waals surface area contributed by atoms with Crippen LogP contribution in [0.3, 0.4) is 0 Å². The first-order valence-electron chi connectivity index (χ1n) is 13.4. The highest BCUT2D eigenvalue weighted by Crippen LogP contribution is 2.48. The molecule has 1 saturated heterocycles. The normalized spacial score (nSPS) is 24.3. The number of aromatic nitrogens is 4. The van der Waals surface area contributed by atoms with E-state index in [0.717, 1.165) is 23.8 Å². The zero-order chi connectivity index (χ0) is 31.1. The van der Waals surface area contributed by atoms with Gasteiger partial charge in [-0.15, -0.1) is 0 Å². The minimum Gasteiger partial charge on any atom is -0.462 e. The second-order valence-electron chi connectivity index (χ2n) is 10.6. The lowest BCUT2D eigenvalue weighted by molar-refractivity contribution is -0.149. The highest BCUT2D eigenvalue weighted by atomic mass is 31.2. The fourth-order valence-electron chi connectivity index (χ4n) is 4.69. The number of halogens is 1. The number of benzene rings is 1. The number of esters is 1. The van der Waals surface area contributed by atoms with Crippen molar-refractivity contribution in [2.45, 2.75) is 63.9 Å². The van der Waals surface area contributed by atoms with E-state index in [1.807, 2.05) is 23.2 Å². The van der Waals surface area contributed by atoms with Crippen molar-refractivity contribution in [2.75, 3.05) is 6.61 Å². The van der Waals surface area contributed by atoms with Crippen LogP contribution in [0.1, 0.15) is 33.9 Å². The molecule has 43 heavy (non-hydrogen) atoms. The standard InChI is InChI=1S/C27H31FN5O9P/c1-15(2)40-24(36)16(3)31-43(38,42-17-8-9-18-19(13-17)32-11-6-5-7-21(32)29-18)39-14-20-23(35)27(4,28)25(41-20)33-12-10-22(34)30-26(33)37/h5-13,15-16,20,23,25,35H,14H2,1-4H3,(H,31,38)(H,30,34,37)/t16-,20+,23+,25+,27+,43?/m0/s1. The van der Waals surface area contributed by atoms with E-state index in [0.29, 0.717) is 16.7 Å². The molecule has 0 radical (unpaired) electrons. The van der Waals surface area contributed by atoms with Crippen molar-refractivity contribution in [2.24, 2.45) is 0 Å². The van der Waals surface area contributed by atoms with Gasteiger partial charge in [0, 0.05) is 24.5 Å². The number of carbonyl (C=O) groups excluding carboxylic acids is 1. The number of hydrogen-bond donors (Lipinski definition) is 3. The molecule has 3 aromatic heterocycles. The molecular weight excluding hydrogens is 588 g/mol. The Kier molecular flexibility index (Phi) is 8.29. The number of H-pyrrole nitrogens is 1. The Balaban J connectivity index is 1.41. The molecule has 3 N–H and O–H groups in total. The average Bonchev–Trinajstić information content (AvgIpc) is 3.41. The zero-order valence-corrected chi connectivity index (χ0v) is 24.6. The molecule has 1 fully saturated rings. The smallest absolute Gasteiger partial charge is 0.459 e. The highest BCUT2D eigenvalue weighted by Gasteiger charge is 2.56. The van der Waals surface area contributed by atoms with E-state index >= 15 is 4.39 Å². The Morgan fingerprint density at radius 3 is 2.72 bits per heavy atom. The molecule has 230 valence electrons. The van der Waals surface area contributed by atoms with Gasteiger partial charge >= 0.3 is 19.4 Å². The van der Waals surface area contributed by atoms with Crippen LogP contribution in [0.25, 0.3) is 16.7 Å². The third-order valence-corrected chi connectivity index (χ3v) is 8.44. The molecule has 16 heteroatoms. The molecule has 0 saturated carbocycles. The van der Waals surface area contributed by atoms with Crippen LogP contribution in [-0.2, 0) is 23.4 Å². The lowest BCUT2D eigenvalue weighted by Crippen LogP contribution is -2.43. The molecule has 1 aliphatic heterocycles. The van der Waals surface area contributed by atoms with Gasteiger partial charge < -0.3 is 19.1 Å². The predicted molar refractivity (Wildman–Crippen MR) is 151 cm³/mol. The number of nitrogens with one attached hydrogen (secondary N) is 2. The van der Waals surface area contributed by atoms with Gasteiger partial charge in [0.25, 0.3) is 5.56 Å². The van der Waals surface area contributed by atoms with E-state index in [1.54, 1.807) is 36.6 Å². The zero-order valence-electron chi connectivity index (χ0n) is 23.7. The molecule has 0 amide bonds. The molecule has 0 spiro atoms. The van der Waals surface area contributed by atoms with E-state index in [9.17, 15) is 24.1 Å². The summed E-state index contributed by atoms with van der Waals surface area (Å²) in [4.78, 5) is 42.8. The summed E-state index contributed by atoms with van der Waals surface area (Å²) in [5.74, 6) is -0.634. The van der Waals surface area contributed by atoms with Crippen molar-refractivity contribution in [1.29, 1.82) is 0 Å². The molecule has 5 rings (SSSR count). The van der Waals surface area contributed by atoms with Crippen LogP contribution in [0, 0.1) is 0 Å². The predicted octanol–water partition coefficient (Wildman–Crippen LogP) is 2.46. The van der Waals surface area contributed by atoms with Crippen LogP contribution in [0.2, 0.25) is 0 Å². The molecule has 6 atom stereocenters. The number of carbonyl (C=O) groups is 1. The molecule has 0 bridgehead atoms. The first-order chi connectivity index (χ1) is 20.3. The first kappa shape index (κ1) is 30.6. The van der Waals surface area contributed by atoms with Crippen molar-refractivity contribution >= 4 is 30.4 Å². The molecule has 14 nitrogen and oxygen atoms in total. The molecule has 1 unspecified atom stereocenters. The van der Waals surface area contributed by atoms with Gasteiger partial charge in [-0.25, -0.2) is 18.7 Å². The second kappa shape index (κ2) is 11.7. The Bertz CT molecular complexity index is 1820. The van der Waals surface area contributed by atoms with Gasteiger partial charge in [0.05, 0.1) is 23.7 Å². The van der Waals surface area contributed by atoms with Gasteiger partial charge in [0.15, 0.2) is 11.9 Å². The third kappa shape index (κ3) is 6.26. The van der Waals surface area contributed by atoms with E-state index in [1.165, 1.54) is 13.0 Å². The van der Waals surface area contributed by atoms with Crippen LogP contribution in [-0.4, -0.2) is 66.6 Å². The van der Waals surface area contributed by atoms with E-state index < -0.39 is 67.8 Å². The number of nitrogens with zero attached hydrogens (tertiary/aromatic N) is 3. The van der Waals surface area contributed by atoms with Gasteiger partial charge in [0.1, 0.15) is 29.6 Å². The van der Waals surface area contributed by atoms with Crippen molar-refractivity contribution in [1.82, 2.24) is 24.0 Å². The molecule has 1 aromatic carbocycles. The van der Waals surface area contributed by atoms with Crippen LogP contribution >= 0.6 is 7.75 Å². The minimum absolute atomic E-state index is 0.0966. The summed E-state index contributed by atoms with van der Waals surface area (Å²) in [5.41, 5.74) is -2.21. The van der Waals surface area contributed by atoms with Gasteiger partial charge in [-0.1, -0.05) is 6.07 Å². The topological polar surface area (TPSA) is 175 Å². The maximum Gasteiger partial charge on any atom is 0.459 e. The van der Waals surface area contributed by atoms with E-state index in [2.05, 4.69) is 10.1 Å². The van der Waals surface area contributed by atoms with Crippen LogP contribution in [0.5, 0.6) is 5.75 Å². The number of hydrogen-bond acceptors (Lipinski definition) is 10. The first-order valence-corrected chi connectivity index (χ1v) is 14.9. The number of aromatic amines is 1. The lowest BCUT2D eigenvalue weighted by Gasteiger charge is -2.25. The second-order valence-corrected chi connectivity index (χ2v) is 12.2. The van der Waals surface area contributed by atoms with Gasteiger partial charge in [-0.3, -0.25) is 28.1 Å². The summed E-state index contributed by atoms with van der Waals surface area (Å²) in [6.45, 7) is 5.04. The fourth-order valence-corrected chi connectivity index (χ4v) is 6.18. The summed E-state index contributed by atoms with van der Waals surface area (Å²) in [6, 6.07) is 10.1. The van der Waals surface area contributed by atoms with Crippen LogP contribution in [0.15, 0.2) is 64.4 Å². The summed E-state index contributed by atoms with van der Waals surface area (Å²) in [7, 11) is -4.45. The number of aliphatic hydroxyl groups excluding tert-OH is 1. The number of ether oxygens (including phenoxy) is 2. The number of rotatable bonds is 10. The van der Waals surface area contributed by atoms with Gasteiger partial charge in [-0.2, -0.15) is 5.09 Å². The Hall–Kier alpha value is -3.88. The van der Waals surface area contributed by atoms with Crippen molar-refractivity contribution in [3.63, 3.8) is 0 Å². The summed E-state index contributed by atoms with van der Waals surface area (Å²) in [5, 5.41) is 13.3.